The van der Waals surface area contributed by atoms with E-state index < -0.39 is 5.79 Å². The van der Waals surface area contributed by atoms with Crippen LogP contribution in [0.3, 0.4) is 0 Å². The predicted molar refractivity (Wildman–Crippen MR) is 101 cm³/mol. The Morgan fingerprint density at radius 2 is 1.89 bits per heavy atom. The summed E-state index contributed by atoms with van der Waals surface area (Å²) in [5, 5.41) is 9.61. The van der Waals surface area contributed by atoms with Gasteiger partial charge in [0.25, 0.3) is 5.91 Å². The Kier molecular flexibility index (Phi) is 4.03. The third kappa shape index (κ3) is 2.82. The van der Waals surface area contributed by atoms with Crippen LogP contribution in [0, 0.1) is 5.82 Å². The van der Waals surface area contributed by atoms with Gasteiger partial charge in [0.1, 0.15) is 11.6 Å². The summed E-state index contributed by atoms with van der Waals surface area (Å²) in [6, 6.07) is 9.65. The van der Waals surface area contributed by atoms with E-state index in [1.165, 1.54) is 12.1 Å². The molecule has 0 bridgehead atoms. The lowest BCUT2D eigenvalue weighted by Crippen LogP contribution is -2.37. The van der Waals surface area contributed by atoms with Crippen LogP contribution in [-0.2, 0) is 15.9 Å². The van der Waals surface area contributed by atoms with E-state index in [2.05, 4.69) is 0 Å². The van der Waals surface area contributed by atoms with Crippen molar-refractivity contribution in [1.82, 2.24) is 0 Å². The fraction of sp³-hybridized carbons (Fsp3) is 0.381. The molecule has 0 saturated carbocycles. The second-order valence-electron chi connectivity index (χ2n) is 7.46. The third-order valence-electron chi connectivity index (χ3n) is 5.76. The molecule has 28 heavy (non-hydrogen) atoms. The van der Waals surface area contributed by atoms with Crippen molar-refractivity contribution < 1.29 is 23.8 Å². The monoisotopic (exact) mass is 384 g/mol. The molecule has 7 heteroatoms. The van der Waals surface area contributed by atoms with Gasteiger partial charge in [-0.05, 0) is 48.4 Å². The number of phenols is 1. The summed E-state index contributed by atoms with van der Waals surface area (Å²) in [7, 11) is 0. The van der Waals surface area contributed by atoms with E-state index in [9.17, 15) is 14.3 Å². The highest BCUT2D eigenvalue weighted by molar-refractivity contribution is 6.08. The van der Waals surface area contributed by atoms with Crippen LogP contribution in [0.1, 0.15) is 22.3 Å². The second kappa shape index (κ2) is 6.46. The maximum absolute atomic E-state index is 14.9. The van der Waals surface area contributed by atoms with E-state index in [-0.39, 0.29) is 17.5 Å². The lowest BCUT2D eigenvalue weighted by molar-refractivity contribution is -0.137. The van der Waals surface area contributed by atoms with Gasteiger partial charge in [-0.3, -0.25) is 4.79 Å². The molecule has 5 rings (SSSR count). The first-order valence-electron chi connectivity index (χ1n) is 9.51. The van der Waals surface area contributed by atoms with E-state index in [0.29, 0.717) is 62.6 Å². The molecule has 1 spiro atoms. The summed E-state index contributed by atoms with van der Waals surface area (Å²) in [6.07, 6.45) is 1.32. The van der Waals surface area contributed by atoms with E-state index in [0.717, 1.165) is 5.56 Å². The SMILES string of the molecule is O=C1c2ccc(O)cc2CCN1c1ccc(N2CCC3(C2)OCCO3)c(F)c1. The molecule has 146 valence electrons. The molecule has 0 aromatic heterocycles. The van der Waals surface area contributed by atoms with Gasteiger partial charge in [-0.25, -0.2) is 4.39 Å². The summed E-state index contributed by atoms with van der Waals surface area (Å²) < 4.78 is 26.3. The molecule has 0 unspecified atom stereocenters. The first-order chi connectivity index (χ1) is 13.5. The summed E-state index contributed by atoms with van der Waals surface area (Å²) >= 11 is 0. The van der Waals surface area contributed by atoms with E-state index >= 15 is 0 Å². The fourth-order valence-electron chi connectivity index (χ4n) is 4.33. The zero-order valence-electron chi connectivity index (χ0n) is 15.4. The smallest absolute Gasteiger partial charge is 0.258 e. The molecule has 2 aromatic rings. The number of ether oxygens (including phenoxy) is 2. The largest absolute Gasteiger partial charge is 0.508 e. The first kappa shape index (κ1) is 17.5. The van der Waals surface area contributed by atoms with Gasteiger partial charge in [0.2, 0.25) is 0 Å². The first-order valence-corrected chi connectivity index (χ1v) is 9.51. The molecule has 2 saturated heterocycles. The van der Waals surface area contributed by atoms with Crippen molar-refractivity contribution in [1.29, 1.82) is 0 Å². The van der Waals surface area contributed by atoms with Crippen LogP contribution in [0.15, 0.2) is 36.4 Å². The lowest BCUT2D eigenvalue weighted by Gasteiger charge is -2.29. The standard InChI is InChI=1S/C21H21FN2O4/c22-18-12-15(24-7-5-14-11-16(25)2-3-17(14)20(24)26)1-4-19(18)23-8-6-21(13-23)27-9-10-28-21/h1-4,11-12,25H,5-10,13H2. The Hall–Kier alpha value is -2.64. The van der Waals surface area contributed by atoms with Crippen molar-refractivity contribution >= 4 is 17.3 Å². The van der Waals surface area contributed by atoms with Crippen LogP contribution in [0.4, 0.5) is 15.8 Å². The van der Waals surface area contributed by atoms with Gasteiger partial charge in [-0.15, -0.1) is 0 Å². The highest BCUT2D eigenvalue weighted by Gasteiger charge is 2.44. The molecule has 2 fully saturated rings. The number of benzene rings is 2. The molecule has 2 aromatic carbocycles. The van der Waals surface area contributed by atoms with Crippen LogP contribution in [0.2, 0.25) is 0 Å². The van der Waals surface area contributed by atoms with Gasteiger partial charge in [0, 0.05) is 30.8 Å². The molecule has 6 nitrogen and oxygen atoms in total. The molecular formula is C21H21FN2O4. The minimum atomic E-state index is -0.608. The van der Waals surface area contributed by atoms with Crippen molar-refractivity contribution in [3.05, 3.63) is 53.3 Å². The van der Waals surface area contributed by atoms with Gasteiger partial charge in [0.15, 0.2) is 5.79 Å². The molecule has 0 radical (unpaired) electrons. The zero-order chi connectivity index (χ0) is 19.3. The molecule has 3 aliphatic rings. The average Bonchev–Trinajstić information content (AvgIpc) is 3.32. The van der Waals surface area contributed by atoms with E-state index in [4.69, 9.17) is 9.47 Å². The number of phenolic OH excluding ortho intramolecular Hbond substituents is 1. The van der Waals surface area contributed by atoms with Crippen LogP contribution >= 0.6 is 0 Å². The number of carbonyl (C=O) groups excluding carboxylic acids is 1. The lowest BCUT2D eigenvalue weighted by atomic mass is 9.98. The fourth-order valence-corrected chi connectivity index (χ4v) is 4.33. The Bertz CT molecular complexity index is 942. The third-order valence-corrected chi connectivity index (χ3v) is 5.76. The average molecular weight is 384 g/mol. The van der Waals surface area contributed by atoms with Crippen molar-refractivity contribution in [2.24, 2.45) is 0 Å². The van der Waals surface area contributed by atoms with Gasteiger partial charge >= 0.3 is 0 Å². The molecule has 1 N–H and O–H groups in total. The number of anilines is 2. The van der Waals surface area contributed by atoms with E-state index in [1.807, 2.05) is 4.90 Å². The quantitative estimate of drug-likeness (QED) is 0.863. The maximum Gasteiger partial charge on any atom is 0.258 e. The summed E-state index contributed by atoms with van der Waals surface area (Å²) in [6.45, 7) is 2.76. The van der Waals surface area contributed by atoms with Crippen molar-refractivity contribution in [2.75, 3.05) is 42.6 Å². The molecule has 1 amide bonds. The zero-order valence-corrected chi connectivity index (χ0v) is 15.4. The van der Waals surface area contributed by atoms with Gasteiger partial charge in [-0.1, -0.05) is 0 Å². The number of fused-ring (bicyclic) bond motifs is 1. The Morgan fingerprint density at radius 1 is 1.07 bits per heavy atom. The Labute approximate surface area is 162 Å². The summed E-state index contributed by atoms with van der Waals surface area (Å²) in [5.74, 6) is -1.00. The summed E-state index contributed by atoms with van der Waals surface area (Å²) in [4.78, 5) is 16.3. The van der Waals surface area contributed by atoms with Gasteiger partial charge in [-0.2, -0.15) is 0 Å². The number of carbonyl (C=O) groups is 1. The number of aromatic hydroxyl groups is 1. The minimum Gasteiger partial charge on any atom is -0.508 e. The second-order valence-corrected chi connectivity index (χ2v) is 7.46. The Morgan fingerprint density at radius 3 is 2.68 bits per heavy atom. The molecule has 0 atom stereocenters. The molecule has 3 heterocycles. The number of rotatable bonds is 2. The van der Waals surface area contributed by atoms with Crippen LogP contribution in [-0.4, -0.2) is 49.6 Å². The van der Waals surface area contributed by atoms with Crippen molar-refractivity contribution in [3.8, 4) is 5.75 Å². The maximum atomic E-state index is 14.9. The van der Waals surface area contributed by atoms with Crippen molar-refractivity contribution in [3.63, 3.8) is 0 Å². The van der Waals surface area contributed by atoms with E-state index in [1.54, 1.807) is 29.2 Å². The number of hydrogen-bond acceptors (Lipinski definition) is 5. The number of halogens is 1. The van der Waals surface area contributed by atoms with Gasteiger partial charge in [0.05, 0.1) is 25.4 Å². The normalized spacial score (nSPS) is 20.8. The summed E-state index contributed by atoms with van der Waals surface area (Å²) in [5.41, 5.74) is 2.39. The van der Waals surface area contributed by atoms with Crippen LogP contribution < -0.4 is 9.80 Å². The topological polar surface area (TPSA) is 62.2 Å². The number of hydrogen-bond donors (Lipinski definition) is 1. The van der Waals surface area contributed by atoms with Crippen LogP contribution in [0.5, 0.6) is 5.75 Å². The predicted octanol–water partition coefficient (Wildman–Crippen LogP) is 2.69. The highest BCUT2D eigenvalue weighted by Crippen LogP contribution is 2.36. The Balaban J connectivity index is 1.38. The van der Waals surface area contributed by atoms with Gasteiger partial charge < -0.3 is 24.4 Å². The molecule has 3 aliphatic heterocycles. The number of amides is 1. The van der Waals surface area contributed by atoms with Crippen LogP contribution in [0.25, 0.3) is 0 Å². The molecular weight excluding hydrogens is 363 g/mol. The minimum absolute atomic E-state index is 0.147. The molecule has 0 aliphatic carbocycles. The van der Waals surface area contributed by atoms with Crippen molar-refractivity contribution in [2.45, 2.75) is 18.6 Å². The highest BCUT2D eigenvalue weighted by atomic mass is 19.1. The number of nitrogens with zero attached hydrogens (tertiary/aromatic N) is 2.